The van der Waals surface area contributed by atoms with Crippen LogP contribution in [0.5, 0.6) is 0 Å². The number of nitriles is 1. The molecule has 0 saturated carbocycles. The maximum absolute atomic E-state index is 11.9. The minimum absolute atomic E-state index is 0.0834. The maximum Gasteiger partial charge on any atom is 0.262 e. The third-order valence-corrected chi connectivity index (χ3v) is 2.65. The molecule has 0 radical (unpaired) electrons. The molecule has 0 atom stereocenters. The Morgan fingerprint density at radius 1 is 1.25 bits per heavy atom. The summed E-state index contributed by atoms with van der Waals surface area (Å²) in [6, 6.07) is 14.8. The first-order valence-electron chi connectivity index (χ1n) is 6.13. The van der Waals surface area contributed by atoms with Crippen LogP contribution >= 0.6 is 0 Å². The number of aromatic nitrogens is 1. The van der Waals surface area contributed by atoms with Crippen LogP contribution in [0.4, 0.5) is 0 Å². The SMILES string of the molecule is N#CC(=Cc1ccccc1)C(=O)NCc1cccnc1. The number of carbonyl (C=O) groups is 1. The van der Waals surface area contributed by atoms with Gasteiger partial charge in [0.05, 0.1) is 0 Å². The van der Waals surface area contributed by atoms with E-state index < -0.39 is 0 Å². The van der Waals surface area contributed by atoms with E-state index in [2.05, 4.69) is 10.3 Å². The Labute approximate surface area is 117 Å². The molecule has 1 aromatic carbocycles. The summed E-state index contributed by atoms with van der Waals surface area (Å²) in [5.41, 5.74) is 1.79. The van der Waals surface area contributed by atoms with Crippen molar-refractivity contribution in [2.45, 2.75) is 6.54 Å². The molecule has 4 heteroatoms. The number of hydrogen-bond donors (Lipinski definition) is 1. The van der Waals surface area contributed by atoms with Gasteiger partial charge in [-0.1, -0.05) is 36.4 Å². The van der Waals surface area contributed by atoms with E-state index in [-0.39, 0.29) is 11.5 Å². The molecule has 1 amide bonds. The summed E-state index contributed by atoms with van der Waals surface area (Å²) < 4.78 is 0. The van der Waals surface area contributed by atoms with Gasteiger partial charge in [0.25, 0.3) is 5.91 Å². The average Bonchev–Trinajstić information content (AvgIpc) is 2.52. The van der Waals surface area contributed by atoms with Gasteiger partial charge in [-0.25, -0.2) is 0 Å². The molecule has 1 N–H and O–H groups in total. The topological polar surface area (TPSA) is 65.8 Å². The van der Waals surface area contributed by atoms with Crippen LogP contribution in [0.3, 0.4) is 0 Å². The lowest BCUT2D eigenvalue weighted by molar-refractivity contribution is -0.117. The molecule has 1 aromatic heterocycles. The lowest BCUT2D eigenvalue weighted by Crippen LogP contribution is -2.23. The van der Waals surface area contributed by atoms with Crippen LogP contribution in [0.25, 0.3) is 6.08 Å². The normalized spacial score (nSPS) is 10.7. The molecule has 0 saturated heterocycles. The van der Waals surface area contributed by atoms with Crippen molar-refractivity contribution in [1.29, 1.82) is 5.26 Å². The molecule has 0 aliphatic heterocycles. The highest BCUT2D eigenvalue weighted by Gasteiger charge is 2.08. The molecule has 0 unspecified atom stereocenters. The van der Waals surface area contributed by atoms with E-state index in [9.17, 15) is 4.79 Å². The molecule has 0 spiro atoms. The largest absolute Gasteiger partial charge is 0.347 e. The van der Waals surface area contributed by atoms with Crippen molar-refractivity contribution < 1.29 is 4.79 Å². The molecular formula is C16H13N3O. The van der Waals surface area contributed by atoms with Crippen LogP contribution in [-0.4, -0.2) is 10.9 Å². The highest BCUT2D eigenvalue weighted by molar-refractivity contribution is 6.01. The third-order valence-electron chi connectivity index (χ3n) is 2.65. The predicted molar refractivity (Wildman–Crippen MR) is 76.1 cm³/mol. The van der Waals surface area contributed by atoms with Crippen LogP contribution in [-0.2, 0) is 11.3 Å². The van der Waals surface area contributed by atoms with E-state index in [1.165, 1.54) is 0 Å². The number of benzene rings is 1. The summed E-state index contributed by atoms with van der Waals surface area (Å²) in [4.78, 5) is 15.9. The number of pyridine rings is 1. The second kappa shape index (κ2) is 6.86. The molecule has 0 bridgehead atoms. The monoisotopic (exact) mass is 263 g/mol. The molecule has 0 aliphatic carbocycles. The van der Waals surface area contributed by atoms with Crippen LogP contribution in [0.1, 0.15) is 11.1 Å². The van der Waals surface area contributed by atoms with Gasteiger partial charge in [0.2, 0.25) is 0 Å². The second-order valence-corrected chi connectivity index (χ2v) is 4.12. The first kappa shape index (κ1) is 13.5. The third kappa shape index (κ3) is 3.79. The smallest absolute Gasteiger partial charge is 0.262 e. The standard InChI is InChI=1S/C16H13N3O/c17-10-15(9-13-5-2-1-3-6-13)16(20)19-12-14-7-4-8-18-11-14/h1-9,11H,12H2,(H,19,20). The zero-order chi connectivity index (χ0) is 14.2. The molecule has 2 aromatic rings. The van der Waals surface area contributed by atoms with Gasteiger partial charge in [0, 0.05) is 18.9 Å². The summed E-state index contributed by atoms with van der Waals surface area (Å²) in [6.07, 6.45) is 4.91. The Morgan fingerprint density at radius 2 is 2.05 bits per heavy atom. The van der Waals surface area contributed by atoms with Crippen LogP contribution < -0.4 is 5.32 Å². The first-order chi connectivity index (χ1) is 9.79. The lowest BCUT2D eigenvalue weighted by Gasteiger charge is -2.04. The number of nitrogens with zero attached hydrogens (tertiary/aromatic N) is 2. The molecule has 20 heavy (non-hydrogen) atoms. The van der Waals surface area contributed by atoms with Gasteiger partial charge in [-0.3, -0.25) is 9.78 Å². The Kier molecular flexibility index (Phi) is 4.63. The fraction of sp³-hybridized carbons (Fsp3) is 0.0625. The fourth-order valence-electron chi connectivity index (χ4n) is 1.64. The van der Waals surface area contributed by atoms with Gasteiger partial charge < -0.3 is 5.32 Å². The summed E-state index contributed by atoms with van der Waals surface area (Å²) in [6.45, 7) is 0.348. The molecule has 2 rings (SSSR count). The van der Waals surface area contributed by atoms with E-state index in [1.807, 2.05) is 42.5 Å². The zero-order valence-corrected chi connectivity index (χ0v) is 10.8. The van der Waals surface area contributed by atoms with Gasteiger partial charge in [-0.05, 0) is 23.3 Å². The zero-order valence-electron chi connectivity index (χ0n) is 10.8. The van der Waals surface area contributed by atoms with E-state index in [1.54, 1.807) is 24.5 Å². The molecule has 4 nitrogen and oxygen atoms in total. The van der Waals surface area contributed by atoms with E-state index >= 15 is 0 Å². The molecule has 1 heterocycles. The van der Waals surface area contributed by atoms with Crippen molar-refractivity contribution in [3.8, 4) is 6.07 Å². The number of rotatable bonds is 4. The number of amides is 1. The maximum atomic E-state index is 11.9. The van der Waals surface area contributed by atoms with Crippen LogP contribution in [0.15, 0.2) is 60.4 Å². The highest BCUT2D eigenvalue weighted by atomic mass is 16.1. The van der Waals surface area contributed by atoms with Crippen molar-refractivity contribution in [3.05, 3.63) is 71.6 Å². The van der Waals surface area contributed by atoms with Crippen molar-refractivity contribution in [3.63, 3.8) is 0 Å². The van der Waals surface area contributed by atoms with Gasteiger partial charge in [-0.15, -0.1) is 0 Å². The minimum Gasteiger partial charge on any atom is -0.347 e. The van der Waals surface area contributed by atoms with Crippen LogP contribution in [0.2, 0.25) is 0 Å². The van der Waals surface area contributed by atoms with E-state index in [4.69, 9.17) is 5.26 Å². The summed E-state index contributed by atoms with van der Waals surface area (Å²) >= 11 is 0. The Balaban J connectivity index is 2.03. The second-order valence-electron chi connectivity index (χ2n) is 4.12. The van der Waals surface area contributed by atoms with Crippen LogP contribution in [0, 0.1) is 11.3 Å². The molecule has 0 fully saturated rings. The van der Waals surface area contributed by atoms with Gasteiger partial charge in [0.15, 0.2) is 0 Å². The summed E-state index contributed by atoms with van der Waals surface area (Å²) in [5.74, 6) is -0.389. The average molecular weight is 263 g/mol. The number of carbonyl (C=O) groups excluding carboxylic acids is 1. The Hall–Kier alpha value is -2.93. The van der Waals surface area contributed by atoms with E-state index in [0.717, 1.165) is 11.1 Å². The quantitative estimate of drug-likeness (QED) is 0.680. The summed E-state index contributed by atoms with van der Waals surface area (Å²) in [7, 11) is 0. The minimum atomic E-state index is -0.389. The Bertz CT molecular complexity index is 642. The van der Waals surface area contributed by atoms with Crippen molar-refractivity contribution in [2.24, 2.45) is 0 Å². The van der Waals surface area contributed by atoms with Crippen molar-refractivity contribution in [1.82, 2.24) is 10.3 Å². The van der Waals surface area contributed by atoms with Gasteiger partial charge >= 0.3 is 0 Å². The van der Waals surface area contributed by atoms with Gasteiger partial charge in [-0.2, -0.15) is 5.26 Å². The van der Waals surface area contributed by atoms with Crippen molar-refractivity contribution in [2.75, 3.05) is 0 Å². The number of hydrogen-bond acceptors (Lipinski definition) is 3. The Morgan fingerprint density at radius 3 is 2.70 bits per heavy atom. The predicted octanol–water partition coefficient (Wildman–Crippen LogP) is 2.30. The lowest BCUT2D eigenvalue weighted by atomic mass is 10.1. The highest BCUT2D eigenvalue weighted by Crippen LogP contribution is 2.06. The fourth-order valence-corrected chi connectivity index (χ4v) is 1.64. The molecule has 98 valence electrons. The first-order valence-corrected chi connectivity index (χ1v) is 6.13. The summed E-state index contributed by atoms with van der Waals surface area (Å²) in [5, 5.41) is 11.8. The molecular weight excluding hydrogens is 250 g/mol. The van der Waals surface area contributed by atoms with Gasteiger partial charge in [0.1, 0.15) is 11.6 Å². The molecule has 0 aliphatic rings. The number of nitrogens with one attached hydrogen (secondary N) is 1. The van der Waals surface area contributed by atoms with Crippen molar-refractivity contribution >= 4 is 12.0 Å². The van der Waals surface area contributed by atoms with E-state index in [0.29, 0.717) is 6.54 Å².